The first-order chi connectivity index (χ1) is 9.86. The van der Waals surface area contributed by atoms with Crippen LogP contribution in [0.15, 0.2) is 42.7 Å². The Morgan fingerprint density at radius 2 is 2.05 bits per heavy atom. The maximum Gasteiger partial charge on any atom is 0.127 e. The molecule has 5 heteroatoms. The average molecular weight is 307 g/mol. The molecular weight excluding hydrogens is 284 g/mol. The Kier molecular flexibility index (Phi) is 5.79. The molecule has 0 bridgehead atoms. The van der Waals surface area contributed by atoms with Crippen molar-refractivity contribution in [3.63, 3.8) is 0 Å². The number of piperidine rings is 1. The summed E-state index contributed by atoms with van der Waals surface area (Å²) in [6, 6.07) is 10.4. The zero-order chi connectivity index (χ0) is 13.8. The molecule has 1 unspecified atom stereocenters. The molecule has 114 valence electrons. The first-order valence-corrected chi connectivity index (χ1v) is 7.37. The van der Waals surface area contributed by atoms with E-state index in [1.165, 1.54) is 18.5 Å². The lowest BCUT2D eigenvalue weighted by molar-refractivity contribution is 0.167. The molecule has 4 nitrogen and oxygen atoms in total. The molecule has 21 heavy (non-hydrogen) atoms. The van der Waals surface area contributed by atoms with Crippen LogP contribution < -0.4 is 5.73 Å². The van der Waals surface area contributed by atoms with Crippen LogP contribution in [0.2, 0.25) is 0 Å². The standard InChI is InChI=1S/C16H22N4.ClH/c17-11-14-5-4-9-19(12-14)13-16-18-8-10-20(16)15-6-2-1-3-7-15;/h1-3,6-8,10,14H,4-5,9,11-13,17H2;1H. The van der Waals surface area contributed by atoms with Crippen LogP contribution in [0.25, 0.3) is 5.69 Å². The minimum atomic E-state index is 0. The summed E-state index contributed by atoms with van der Waals surface area (Å²) >= 11 is 0. The summed E-state index contributed by atoms with van der Waals surface area (Å²) in [5.74, 6) is 1.75. The lowest BCUT2D eigenvalue weighted by Crippen LogP contribution is -2.38. The van der Waals surface area contributed by atoms with Crippen molar-refractivity contribution in [3.05, 3.63) is 48.5 Å². The summed E-state index contributed by atoms with van der Waals surface area (Å²) in [4.78, 5) is 7.00. The smallest absolute Gasteiger partial charge is 0.127 e. The Labute approximate surface area is 132 Å². The monoisotopic (exact) mass is 306 g/mol. The Morgan fingerprint density at radius 1 is 1.24 bits per heavy atom. The van der Waals surface area contributed by atoms with E-state index in [1.54, 1.807) is 0 Å². The SMILES string of the molecule is Cl.NCC1CCCN(Cc2nccn2-c2ccccc2)C1. The van der Waals surface area contributed by atoms with Crippen LogP contribution in [0, 0.1) is 5.92 Å². The molecule has 2 N–H and O–H groups in total. The topological polar surface area (TPSA) is 47.1 Å². The number of halogens is 1. The second-order valence-electron chi connectivity index (χ2n) is 5.53. The van der Waals surface area contributed by atoms with Crippen LogP contribution in [0.3, 0.4) is 0 Å². The van der Waals surface area contributed by atoms with Gasteiger partial charge < -0.3 is 10.3 Å². The second kappa shape index (κ2) is 7.59. The van der Waals surface area contributed by atoms with Crippen molar-refractivity contribution in [2.24, 2.45) is 11.7 Å². The van der Waals surface area contributed by atoms with E-state index < -0.39 is 0 Å². The summed E-state index contributed by atoms with van der Waals surface area (Å²) < 4.78 is 2.17. The third-order valence-electron chi connectivity index (χ3n) is 4.05. The highest BCUT2D eigenvalue weighted by molar-refractivity contribution is 5.85. The predicted octanol–water partition coefficient (Wildman–Crippen LogP) is 2.46. The maximum atomic E-state index is 5.81. The van der Waals surface area contributed by atoms with E-state index in [2.05, 4.69) is 38.7 Å². The highest BCUT2D eigenvalue weighted by Gasteiger charge is 2.20. The van der Waals surface area contributed by atoms with E-state index >= 15 is 0 Å². The third kappa shape index (κ3) is 3.84. The van der Waals surface area contributed by atoms with Gasteiger partial charge in [0.25, 0.3) is 0 Å². The van der Waals surface area contributed by atoms with Gasteiger partial charge in [-0.3, -0.25) is 4.90 Å². The largest absolute Gasteiger partial charge is 0.330 e. The highest BCUT2D eigenvalue weighted by atomic mass is 35.5. The van der Waals surface area contributed by atoms with Gasteiger partial charge in [0.2, 0.25) is 0 Å². The maximum absolute atomic E-state index is 5.81. The van der Waals surface area contributed by atoms with Crippen molar-refractivity contribution in [2.75, 3.05) is 19.6 Å². The van der Waals surface area contributed by atoms with Gasteiger partial charge in [-0.25, -0.2) is 4.98 Å². The molecule has 1 aliphatic heterocycles. The molecule has 2 aromatic rings. The van der Waals surface area contributed by atoms with Crippen molar-refractivity contribution in [1.82, 2.24) is 14.5 Å². The number of nitrogens with two attached hydrogens (primary N) is 1. The van der Waals surface area contributed by atoms with Gasteiger partial charge in [0.05, 0.1) is 6.54 Å². The fraction of sp³-hybridized carbons (Fsp3) is 0.438. The number of imidazole rings is 1. The van der Waals surface area contributed by atoms with E-state index in [4.69, 9.17) is 5.73 Å². The van der Waals surface area contributed by atoms with Gasteiger partial charge in [-0.15, -0.1) is 12.4 Å². The molecule has 1 aromatic heterocycles. The van der Waals surface area contributed by atoms with Gasteiger partial charge in [0, 0.05) is 24.6 Å². The number of rotatable bonds is 4. The van der Waals surface area contributed by atoms with Crippen molar-refractivity contribution >= 4 is 12.4 Å². The highest BCUT2D eigenvalue weighted by Crippen LogP contribution is 2.18. The van der Waals surface area contributed by atoms with Gasteiger partial charge in [-0.1, -0.05) is 18.2 Å². The van der Waals surface area contributed by atoms with Gasteiger partial charge in [-0.2, -0.15) is 0 Å². The van der Waals surface area contributed by atoms with Crippen molar-refractivity contribution in [2.45, 2.75) is 19.4 Å². The second-order valence-corrected chi connectivity index (χ2v) is 5.53. The van der Waals surface area contributed by atoms with Gasteiger partial charge >= 0.3 is 0 Å². The molecule has 1 aliphatic rings. The fourth-order valence-corrected chi connectivity index (χ4v) is 2.96. The number of likely N-dealkylation sites (tertiary alicyclic amines) is 1. The van der Waals surface area contributed by atoms with E-state index in [1.807, 2.05) is 18.5 Å². The number of benzene rings is 1. The van der Waals surface area contributed by atoms with Crippen LogP contribution in [-0.2, 0) is 6.54 Å². The summed E-state index contributed by atoms with van der Waals surface area (Å²) in [5, 5.41) is 0. The Morgan fingerprint density at radius 3 is 2.81 bits per heavy atom. The predicted molar refractivity (Wildman–Crippen MR) is 87.9 cm³/mol. The minimum absolute atomic E-state index is 0. The van der Waals surface area contributed by atoms with E-state index in [-0.39, 0.29) is 12.4 Å². The normalized spacial score (nSPS) is 19.2. The lowest BCUT2D eigenvalue weighted by atomic mass is 9.98. The van der Waals surface area contributed by atoms with E-state index in [0.717, 1.165) is 32.0 Å². The van der Waals surface area contributed by atoms with E-state index in [9.17, 15) is 0 Å². The van der Waals surface area contributed by atoms with Crippen molar-refractivity contribution in [3.8, 4) is 5.69 Å². The van der Waals surface area contributed by atoms with Crippen LogP contribution in [-0.4, -0.2) is 34.1 Å². The fourth-order valence-electron chi connectivity index (χ4n) is 2.96. The molecule has 1 atom stereocenters. The average Bonchev–Trinajstić information content (AvgIpc) is 2.96. The summed E-state index contributed by atoms with van der Waals surface area (Å²) in [7, 11) is 0. The van der Waals surface area contributed by atoms with Crippen LogP contribution in [0.1, 0.15) is 18.7 Å². The first kappa shape index (κ1) is 16.0. The molecule has 1 fully saturated rings. The quantitative estimate of drug-likeness (QED) is 0.944. The van der Waals surface area contributed by atoms with Crippen LogP contribution in [0.4, 0.5) is 0 Å². The zero-order valence-corrected chi connectivity index (χ0v) is 13.0. The summed E-state index contributed by atoms with van der Waals surface area (Å²) in [6.45, 7) is 3.94. The number of hydrogen-bond acceptors (Lipinski definition) is 3. The minimum Gasteiger partial charge on any atom is -0.330 e. The molecule has 2 heterocycles. The summed E-state index contributed by atoms with van der Waals surface area (Å²) in [5.41, 5.74) is 6.99. The molecule has 0 spiro atoms. The van der Waals surface area contributed by atoms with Crippen molar-refractivity contribution < 1.29 is 0 Å². The Balaban J connectivity index is 0.00000161. The lowest BCUT2D eigenvalue weighted by Gasteiger charge is -2.31. The number of para-hydroxylation sites is 1. The molecule has 0 radical (unpaired) electrons. The molecule has 0 amide bonds. The molecule has 1 aromatic carbocycles. The molecule has 0 aliphatic carbocycles. The van der Waals surface area contributed by atoms with Gasteiger partial charge in [-0.05, 0) is 44.0 Å². The van der Waals surface area contributed by atoms with E-state index in [0.29, 0.717) is 5.92 Å². The van der Waals surface area contributed by atoms with Crippen molar-refractivity contribution in [1.29, 1.82) is 0 Å². The number of hydrogen-bond donors (Lipinski definition) is 1. The third-order valence-corrected chi connectivity index (χ3v) is 4.05. The van der Waals surface area contributed by atoms with Crippen LogP contribution in [0.5, 0.6) is 0 Å². The number of nitrogens with zero attached hydrogens (tertiary/aromatic N) is 3. The molecule has 0 saturated carbocycles. The summed E-state index contributed by atoms with van der Waals surface area (Å²) in [6.07, 6.45) is 6.43. The molecule has 3 rings (SSSR count). The first-order valence-electron chi connectivity index (χ1n) is 7.37. The van der Waals surface area contributed by atoms with Crippen LogP contribution >= 0.6 is 12.4 Å². The Bertz CT molecular complexity index is 540. The zero-order valence-electron chi connectivity index (χ0n) is 12.2. The van der Waals surface area contributed by atoms with Gasteiger partial charge in [0.15, 0.2) is 0 Å². The molecule has 1 saturated heterocycles. The molecular formula is C16H23ClN4. The Hall–Kier alpha value is -1.36. The number of aromatic nitrogens is 2. The van der Waals surface area contributed by atoms with Gasteiger partial charge in [0.1, 0.15) is 5.82 Å².